The minimum absolute atomic E-state index is 0.0188. The van der Waals surface area contributed by atoms with Crippen molar-refractivity contribution in [3.05, 3.63) is 58.6 Å². The lowest BCUT2D eigenvalue weighted by molar-refractivity contribution is -0.122. The van der Waals surface area contributed by atoms with Crippen LogP contribution in [0.3, 0.4) is 0 Å². The van der Waals surface area contributed by atoms with E-state index in [0.29, 0.717) is 21.4 Å². The summed E-state index contributed by atoms with van der Waals surface area (Å²) in [4.78, 5) is 26.1. The first-order valence-electron chi connectivity index (χ1n) is 7.68. The maximum atomic E-state index is 12.3. The molecule has 0 saturated heterocycles. The van der Waals surface area contributed by atoms with Gasteiger partial charge in [0.05, 0.1) is 28.3 Å². The number of halogens is 2. The Morgan fingerprint density at radius 2 is 1.60 bits per heavy atom. The van der Waals surface area contributed by atoms with Gasteiger partial charge in [-0.05, 0) is 38.2 Å². The molecule has 0 spiro atoms. The Hall–Kier alpha value is -2.08. The highest BCUT2D eigenvalue weighted by atomic mass is 35.5. The molecule has 5 nitrogen and oxygen atoms in total. The lowest BCUT2D eigenvalue weighted by Gasteiger charge is -2.23. The molecule has 2 aromatic carbocycles. The first kappa shape index (κ1) is 19.2. The van der Waals surface area contributed by atoms with Gasteiger partial charge < -0.3 is 10.6 Å². The van der Waals surface area contributed by atoms with Gasteiger partial charge in [0, 0.05) is 5.69 Å². The van der Waals surface area contributed by atoms with Gasteiger partial charge in [-0.25, -0.2) is 0 Å². The number of rotatable bonds is 6. The molecule has 25 heavy (non-hydrogen) atoms. The average molecular weight is 380 g/mol. The summed E-state index contributed by atoms with van der Waals surface area (Å²) in [6, 6.07) is 13.6. The number of hydrogen-bond acceptors (Lipinski definition) is 3. The summed E-state index contributed by atoms with van der Waals surface area (Å²) in [5, 5.41) is 6.21. The zero-order valence-corrected chi connectivity index (χ0v) is 15.4. The molecule has 7 heteroatoms. The number of carbonyl (C=O) groups excluding carboxylic acids is 2. The maximum Gasteiger partial charge on any atom is 0.241 e. The molecule has 2 N–H and O–H groups in total. The second-order valence-corrected chi connectivity index (χ2v) is 6.41. The van der Waals surface area contributed by atoms with Gasteiger partial charge in [-0.15, -0.1) is 0 Å². The van der Waals surface area contributed by atoms with Crippen molar-refractivity contribution in [3.63, 3.8) is 0 Å². The molecule has 2 rings (SSSR count). The van der Waals surface area contributed by atoms with Crippen LogP contribution in [0.25, 0.3) is 0 Å². The summed E-state index contributed by atoms with van der Waals surface area (Å²) in [5.74, 6) is -0.505. The Morgan fingerprint density at radius 1 is 1.00 bits per heavy atom. The van der Waals surface area contributed by atoms with Crippen LogP contribution in [0.15, 0.2) is 48.5 Å². The molecular formula is C18H19Cl2N3O2. The molecule has 0 radical (unpaired) electrons. The van der Waals surface area contributed by atoms with Crippen molar-refractivity contribution in [2.45, 2.75) is 13.0 Å². The summed E-state index contributed by atoms with van der Waals surface area (Å²) in [6.45, 7) is 1.75. The van der Waals surface area contributed by atoms with E-state index in [1.807, 2.05) is 18.2 Å². The molecule has 0 saturated carbocycles. The number of nitrogens with one attached hydrogen (secondary N) is 2. The molecule has 2 aromatic rings. The average Bonchev–Trinajstić information content (AvgIpc) is 2.58. The Balaban J connectivity index is 1.92. The summed E-state index contributed by atoms with van der Waals surface area (Å²) < 4.78 is 0. The highest BCUT2D eigenvalue weighted by Gasteiger charge is 2.21. The maximum absolute atomic E-state index is 12.3. The molecule has 0 aliphatic carbocycles. The number of likely N-dealkylation sites (N-methyl/N-ethyl adjacent to an activating group) is 1. The zero-order valence-electron chi connectivity index (χ0n) is 13.9. The van der Waals surface area contributed by atoms with E-state index in [1.165, 1.54) is 0 Å². The van der Waals surface area contributed by atoms with Gasteiger partial charge in [0.2, 0.25) is 11.8 Å². The number of anilines is 2. The Labute approximate surface area is 156 Å². The molecule has 0 bridgehead atoms. The van der Waals surface area contributed by atoms with Crippen LogP contribution in [-0.2, 0) is 9.59 Å². The van der Waals surface area contributed by atoms with Gasteiger partial charge in [-0.1, -0.05) is 47.5 Å². The molecule has 1 unspecified atom stereocenters. The fraction of sp³-hybridized carbons (Fsp3) is 0.222. The van der Waals surface area contributed by atoms with Crippen molar-refractivity contribution in [2.24, 2.45) is 0 Å². The molecular weight excluding hydrogens is 361 g/mol. The first-order chi connectivity index (χ1) is 11.9. The topological polar surface area (TPSA) is 61.4 Å². The van der Waals surface area contributed by atoms with E-state index >= 15 is 0 Å². The van der Waals surface area contributed by atoms with Crippen LogP contribution in [0.4, 0.5) is 11.4 Å². The largest absolute Gasteiger partial charge is 0.325 e. The predicted molar refractivity (Wildman–Crippen MR) is 102 cm³/mol. The molecule has 0 aliphatic rings. The highest BCUT2D eigenvalue weighted by Crippen LogP contribution is 2.29. The van der Waals surface area contributed by atoms with E-state index in [1.54, 1.807) is 49.2 Å². The third-order valence-corrected chi connectivity index (χ3v) is 4.33. The molecule has 2 amide bonds. The number of hydrogen-bond donors (Lipinski definition) is 2. The van der Waals surface area contributed by atoms with E-state index < -0.39 is 6.04 Å². The molecule has 1 atom stereocenters. The van der Waals surface area contributed by atoms with Crippen molar-refractivity contribution in [1.82, 2.24) is 4.90 Å². The van der Waals surface area contributed by atoms with Gasteiger partial charge in [0.15, 0.2) is 0 Å². The van der Waals surface area contributed by atoms with E-state index in [2.05, 4.69) is 10.6 Å². The van der Waals surface area contributed by atoms with Crippen LogP contribution in [0.1, 0.15) is 6.92 Å². The van der Waals surface area contributed by atoms with Gasteiger partial charge in [-0.2, -0.15) is 0 Å². The number of carbonyl (C=O) groups is 2. The Kier molecular flexibility index (Phi) is 6.82. The van der Waals surface area contributed by atoms with Crippen molar-refractivity contribution in [2.75, 3.05) is 24.2 Å². The number of benzene rings is 2. The fourth-order valence-electron chi connectivity index (χ4n) is 2.13. The number of para-hydroxylation sites is 2. The molecule has 0 fully saturated rings. The third-order valence-electron chi connectivity index (χ3n) is 3.70. The second kappa shape index (κ2) is 8.85. The van der Waals surface area contributed by atoms with Gasteiger partial charge in [0.1, 0.15) is 0 Å². The molecule has 0 aromatic heterocycles. The number of amides is 2. The standard InChI is InChI=1S/C18H19Cl2N3O2/c1-12(18(25)21-13-7-4-3-5-8-13)23(2)11-16(24)22-17-14(19)9-6-10-15(17)20/h3-10,12H,11H2,1-2H3,(H,21,25)(H,22,24). The summed E-state index contributed by atoms with van der Waals surface area (Å²) in [6.07, 6.45) is 0. The minimum atomic E-state index is -0.493. The lowest BCUT2D eigenvalue weighted by Crippen LogP contribution is -2.43. The summed E-state index contributed by atoms with van der Waals surface area (Å²) in [5.41, 5.74) is 1.07. The van der Waals surface area contributed by atoms with Crippen LogP contribution in [-0.4, -0.2) is 36.3 Å². The van der Waals surface area contributed by atoms with Crippen LogP contribution < -0.4 is 10.6 Å². The first-order valence-corrected chi connectivity index (χ1v) is 8.44. The zero-order chi connectivity index (χ0) is 18.4. The van der Waals surface area contributed by atoms with Crippen molar-refractivity contribution in [3.8, 4) is 0 Å². The normalized spacial score (nSPS) is 11.9. The van der Waals surface area contributed by atoms with E-state index in [9.17, 15) is 9.59 Å². The van der Waals surface area contributed by atoms with Crippen LogP contribution in [0, 0.1) is 0 Å². The summed E-state index contributed by atoms with van der Waals surface area (Å²) in [7, 11) is 1.70. The van der Waals surface area contributed by atoms with Crippen LogP contribution >= 0.6 is 23.2 Å². The minimum Gasteiger partial charge on any atom is -0.325 e. The van der Waals surface area contributed by atoms with Crippen LogP contribution in [0.2, 0.25) is 10.0 Å². The lowest BCUT2D eigenvalue weighted by atomic mass is 10.2. The Morgan fingerprint density at radius 3 is 2.20 bits per heavy atom. The smallest absolute Gasteiger partial charge is 0.241 e. The van der Waals surface area contributed by atoms with E-state index in [4.69, 9.17) is 23.2 Å². The SMILES string of the molecule is CC(C(=O)Nc1ccccc1)N(C)CC(=O)Nc1c(Cl)cccc1Cl. The van der Waals surface area contributed by atoms with Crippen molar-refractivity contribution in [1.29, 1.82) is 0 Å². The van der Waals surface area contributed by atoms with Gasteiger partial charge in [-0.3, -0.25) is 14.5 Å². The number of nitrogens with zero attached hydrogens (tertiary/aromatic N) is 1. The van der Waals surface area contributed by atoms with Gasteiger partial charge >= 0.3 is 0 Å². The van der Waals surface area contributed by atoms with Crippen molar-refractivity contribution < 1.29 is 9.59 Å². The summed E-state index contributed by atoms with van der Waals surface area (Å²) >= 11 is 12.1. The Bertz CT molecular complexity index is 733. The van der Waals surface area contributed by atoms with Gasteiger partial charge in [0.25, 0.3) is 0 Å². The van der Waals surface area contributed by atoms with Crippen molar-refractivity contribution >= 4 is 46.4 Å². The van der Waals surface area contributed by atoms with E-state index in [-0.39, 0.29) is 18.4 Å². The fourth-order valence-corrected chi connectivity index (χ4v) is 2.62. The molecule has 0 aliphatic heterocycles. The second-order valence-electron chi connectivity index (χ2n) is 5.59. The quantitative estimate of drug-likeness (QED) is 0.799. The predicted octanol–water partition coefficient (Wildman–Crippen LogP) is 3.89. The monoisotopic (exact) mass is 379 g/mol. The molecule has 132 valence electrons. The highest BCUT2D eigenvalue weighted by molar-refractivity contribution is 6.39. The van der Waals surface area contributed by atoms with E-state index in [0.717, 1.165) is 0 Å². The van der Waals surface area contributed by atoms with Crippen LogP contribution in [0.5, 0.6) is 0 Å². The molecule has 0 heterocycles. The third kappa shape index (κ3) is 5.46.